The Hall–Kier alpha value is -2.26. The molecule has 3 aromatic rings. The van der Waals surface area contributed by atoms with Crippen molar-refractivity contribution in [3.05, 3.63) is 64.3 Å². The van der Waals surface area contributed by atoms with E-state index in [1.807, 2.05) is 0 Å². The van der Waals surface area contributed by atoms with Crippen molar-refractivity contribution in [3.63, 3.8) is 0 Å². The van der Waals surface area contributed by atoms with Crippen molar-refractivity contribution in [1.82, 2.24) is 9.88 Å². The summed E-state index contributed by atoms with van der Waals surface area (Å²) in [4.78, 5) is 6.34. The monoisotopic (exact) mass is 320 g/mol. The zero-order valence-electron chi connectivity index (χ0n) is 14.2. The zero-order valence-corrected chi connectivity index (χ0v) is 14.2. The van der Waals surface area contributed by atoms with Crippen LogP contribution in [0, 0.1) is 6.92 Å². The van der Waals surface area contributed by atoms with Gasteiger partial charge in [0.1, 0.15) is 5.75 Å². The van der Waals surface area contributed by atoms with Gasteiger partial charge in [-0.2, -0.15) is 0 Å². The number of benzene rings is 2. The first kappa shape index (κ1) is 14.1. The second-order valence-electron chi connectivity index (χ2n) is 7.09. The first-order valence-corrected chi connectivity index (χ1v) is 8.74. The molecule has 1 atom stereocenters. The third kappa shape index (κ3) is 1.94. The summed E-state index contributed by atoms with van der Waals surface area (Å²) in [6.45, 7) is 4.32. The highest BCUT2D eigenvalue weighted by molar-refractivity contribution is 5.85. The van der Waals surface area contributed by atoms with E-state index in [-0.39, 0.29) is 1.43 Å². The summed E-state index contributed by atoms with van der Waals surface area (Å²) in [6.07, 6.45) is 2.20. The Bertz CT molecular complexity index is 946. The molecule has 0 bridgehead atoms. The molecular formula is C21H24N2O. The van der Waals surface area contributed by atoms with Crippen LogP contribution in [0.1, 0.15) is 35.4 Å². The Morgan fingerprint density at radius 1 is 1.21 bits per heavy atom. The predicted octanol–water partition coefficient (Wildman–Crippen LogP) is 4.39. The third-order valence-corrected chi connectivity index (χ3v) is 5.77. The molecule has 124 valence electrons. The van der Waals surface area contributed by atoms with Crippen molar-refractivity contribution in [2.75, 3.05) is 13.7 Å². The molecule has 0 unspecified atom stereocenters. The molecule has 2 aliphatic rings. The lowest BCUT2D eigenvalue weighted by Gasteiger charge is -2.40. The van der Waals surface area contributed by atoms with Crippen molar-refractivity contribution < 1.29 is 6.16 Å². The summed E-state index contributed by atoms with van der Waals surface area (Å²) in [5.74, 6) is 1.01. The number of fused-ring (bicyclic) bond motifs is 6. The number of aryl methyl sites for hydroxylation is 1. The topological polar surface area (TPSA) is 28.3 Å². The van der Waals surface area contributed by atoms with Crippen molar-refractivity contribution in [1.29, 1.82) is 0 Å². The number of methoxy groups -OCH3 is 1. The number of rotatable bonds is 1. The average molecular weight is 320 g/mol. The van der Waals surface area contributed by atoms with Crippen LogP contribution in [0.5, 0.6) is 5.75 Å². The van der Waals surface area contributed by atoms with Gasteiger partial charge < -0.3 is 9.72 Å². The van der Waals surface area contributed by atoms with Crippen molar-refractivity contribution in [3.8, 4) is 5.75 Å². The first-order valence-electron chi connectivity index (χ1n) is 8.74. The highest BCUT2D eigenvalue weighted by Crippen LogP contribution is 2.41. The van der Waals surface area contributed by atoms with Gasteiger partial charge in [-0.3, -0.25) is 4.90 Å². The van der Waals surface area contributed by atoms with Gasteiger partial charge in [0.2, 0.25) is 0 Å². The second-order valence-corrected chi connectivity index (χ2v) is 7.09. The molecule has 1 aromatic heterocycles. The van der Waals surface area contributed by atoms with E-state index in [0.717, 1.165) is 31.7 Å². The molecule has 1 N–H and O–H groups in total. The molecule has 2 aliphatic heterocycles. The quantitative estimate of drug-likeness (QED) is 0.720. The van der Waals surface area contributed by atoms with E-state index in [2.05, 4.69) is 53.2 Å². The lowest BCUT2D eigenvalue weighted by Crippen LogP contribution is -2.39. The van der Waals surface area contributed by atoms with Crippen LogP contribution in [0.15, 0.2) is 36.4 Å². The predicted molar refractivity (Wildman–Crippen MR) is 98.7 cm³/mol. The van der Waals surface area contributed by atoms with E-state index in [1.54, 1.807) is 7.11 Å². The van der Waals surface area contributed by atoms with Crippen LogP contribution < -0.4 is 4.74 Å². The molecule has 2 aromatic carbocycles. The molecule has 0 fully saturated rings. The molecule has 5 rings (SSSR count). The van der Waals surface area contributed by atoms with Crippen LogP contribution >= 0.6 is 0 Å². The molecule has 24 heavy (non-hydrogen) atoms. The minimum atomic E-state index is 0. The number of para-hydroxylation sites is 1. The molecule has 0 aliphatic carbocycles. The van der Waals surface area contributed by atoms with E-state index in [9.17, 15) is 0 Å². The number of nitrogens with one attached hydrogen (secondary N) is 1. The lowest BCUT2D eigenvalue weighted by molar-refractivity contribution is 0.158. The maximum atomic E-state index is 5.54. The number of hydrogen-bond donors (Lipinski definition) is 1. The summed E-state index contributed by atoms with van der Waals surface area (Å²) in [5, 5.41) is 1.40. The van der Waals surface area contributed by atoms with Crippen molar-refractivity contribution in [2.45, 2.75) is 32.4 Å². The van der Waals surface area contributed by atoms with Crippen LogP contribution in [0.3, 0.4) is 0 Å². The summed E-state index contributed by atoms with van der Waals surface area (Å²) < 4.78 is 5.54. The summed E-state index contributed by atoms with van der Waals surface area (Å²) in [5.41, 5.74) is 8.35. The Balaban J connectivity index is 0.00000157. The van der Waals surface area contributed by atoms with Gasteiger partial charge in [-0.25, -0.2) is 0 Å². The Morgan fingerprint density at radius 2 is 2.08 bits per heavy atom. The van der Waals surface area contributed by atoms with E-state index < -0.39 is 0 Å². The minimum absolute atomic E-state index is 0. The first-order chi connectivity index (χ1) is 11.7. The third-order valence-electron chi connectivity index (χ3n) is 5.77. The molecule has 0 spiro atoms. The maximum Gasteiger partial charge on any atom is 0.122 e. The van der Waals surface area contributed by atoms with Gasteiger partial charge in [0.05, 0.1) is 13.2 Å². The molecule has 0 saturated heterocycles. The molecule has 0 radical (unpaired) electrons. The van der Waals surface area contributed by atoms with Crippen LogP contribution in [0.4, 0.5) is 0 Å². The van der Waals surface area contributed by atoms with Crippen LogP contribution in [-0.2, 0) is 19.4 Å². The number of hydrogen-bond acceptors (Lipinski definition) is 2. The van der Waals surface area contributed by atoms with Crippen LogP contribution in [-0.4, -0.2) is 23.5 Å². The number of nitrogens with zero attached hydrogens (tertiary/aromatic N) is 1. The fourth-order valence-electron chi connectivity index (χ4n) is 4.56. The van der Waals surface area contributed by atoms with Gasteiger partial charge in [-0.05, 0) is 54.2 Å². The van der Waals surface area contributed by atoms with Gasteiger partial charge in [0, 0.05) is 31.1 Å². The van der Waals surface area contributed by atoms with E-state index in [4.69, 9.17) is 4.74 Å². The Kier molecular flexibility index (Phi) is 3.01. The molecule has 0 saturated carbocycles. The van der Waals surface area contributed by atoms with Gasteiger partial charge in [-0.15, -0.1) is 0 Å². The normalized spacial score (nSPS) is 19.7. The second kappa shape index (κ2) is 5.12. The molecule has 3 nitrogen and oxygen atoms in total. The standard InChI is InChI=1S/C21H22N2O.H2/c1-13-9-15-12-23-8-7-17-16-5-3-4-6-18(16)22-21(17)19(23)10-14(15)11-20(13)24-2;/h3-6,9,11,19,22H,7-8,10,12H2,1-2H3;1H/t19-;/m0./s1. The largest absolute Gasteiger partial charge is 0.496 e. The highest BCUT2D eigenvalue weighted by atomic mass is 16.5. The number of H-pyrrole nitrogens is 1. The molecular weight excluding hydrogens is 296 g/mol. The smallest absolute Gasteiger partial charge is 0.122 e. The average Bonchev–Trinajstić information content (AvgIpc) is 2.98. The fourth-order valence-corrected chi connectivity index (χ4v) is 4.56. The molecule has 3 heteroatoms. The van der Waals surface area contributed by atoms with Crippen molar-refractivity contribution in [2.24, 2.45) is 0 Å². The summed E-state index contributed by atoms with van der Waals surface area (Å²) in [7, 11) is 1.76. The molecule has 0 amide bonds. The number of aromatic amines is 1. The number of ether oxygens (including phenoxy) is 1. The maximum absolute atomic E-state index is 5.54. The van der Waals surface area contributed by atoms with Crippen molar-refractivity contribution >= 4 is 10.9 Å². The van der Waals surface area contributed by atoms with Crippen LogP contribution in [0.2, 0.25) is 0 Å². The SMILES string of the molecule is COc1cc2c(cc1C)CN1CCc3c([nH]c4ccccc34)[C@@H]1C2.[HH]. The van der Waals surface area contributed by atoms with E-state index in [0.29, 0.717) is 6.04 Å². The van der Waals surface area contributed by atoms with Gasteiger partial charge >= 0.3 is 0 Å². The minimum Gasteiger partial charge on any atom is -0.496 e. The lowest BCUT2D eigenvalue weighted by atomic mass is 9.86. The summed E-state index contributed by atoms with van der Waals surface area (Å²) in [6, 6.07) is 13.7. The Morgan fingerprint density at radius 3 is 2.96 bits per heavy atom. The highest BCUT2D eigenvalue weighted by Gasteiger charge is 2.34. The molecule has 3 heterocycles. The van der Waals surface area contributed by atoms with Crippen LogP contribution in [0.25, 0.3) is 10.9 Å². The van der Waals surface area contributed by atoms with E-state index >= 15 is 0 Å². The van der Waals surface area contributed by atoms with Gasteiger partial charge in [0.15, 0.2) is 0 Å². The van der Waals surface area contributed by atoms with Gasteiger partial charge in [-0.1, -0.05) is 24.3 Å². The summed E-state index contributed by atoms with van der Waals surface area (Å²) >= 11 is 0. The zero-order chi connectivity index (χ0) is 16.3. The number of aromatic nitrogens is 1. The Labute approximate surface area is 143 Å². The fraction of sp³-hybridized carbons (Fsp3) is 0.333. The van der Waals surface area contributed by atoms with E-state index in [1.165, 1.54) is 38.9 Å². The van der Waals surface area contributed by atoms with Gasteiger partial charge in [0.25, 0.3) is 0 Å².